The van der Waals surface area contributed by atoms with Crippen molar-refractivity contribution in [3.8, 4) is 18.1 Å². The number of anilines is 1. The number of nitrogens with one attached hydrogen (secondary N) is 1. The van der Waals surface area contributed by atoms with Crippen LogP contribution >= 0.6 is 11.3 Å². The Balaban J connectivity index is 2.37. The smallest absolute Gasteiger partial charge is 0.264 e. The summed E-state index contributed by atoms with van der Waals surface area (Å²) in [6, 6.07) is 5.27. The Morgan fingerprint density at radius 3 is 2.95 bits per heavy atom. The van der Waals surface area contributed by atoms with Crippen LogP contribution in [-0.2, 0) is 0 Å². The molecule has 0 aliphatic carbocycles. The number of hydrogen-bond acceptors (Lipinski definition) is 4. The fourth-order valence-electron chi connectivity index (χ4n) is 1.88. The standard InChI is InChI=1S/C15H16N2O2S/c1-4-9(5-2)17-15(18)14-13(16)11-7-6-10(19-3)8-12(11)20-14/h1,6-9H,5,16H2,2-3H3,(H,17,18). The van der Waals surface area contributed by atoms with Crippen molar-refractivity contribution >= 4 is 33.0 Å². The summed E-state index contributed by atoms with van der Waals surface area (Å²) in [4.78, 5) is 12.7. The summed E-state index contributed by atoms with van der Waals surface area (Å²) < 4.78 is 6.09. The first-order chi connectivity index (χ1) is 9.60. The molecular formula is C15H16N2O2S. The molecule has 0 saturated heterocycles. The van der Waals surface area contributed by atoms with Crippen LogP contribution in [-0.4, -0.2) is 19.1 Å². The summed E-state index contributed by atoms with van der Waals surface area (Å²) in [6.45, 7) is 1.92. The van der Waals surface area contributed by atoms with Crippen molar-refractivity contribution in [2.45, 2.75) is 19.4 Å². The highest BCUT2D eigenvalue weighted by Gasteiger charge is 2.18. The van der Waals surface area contributed by atoms with Gasteiger partial charge in [-0.2, -0.15) is 0 Å². The molecule has 4 nitrogen and oxygen atoms in total. The van der Waals surface area contributed by atoms with Gasteiger partial charge < -0.3 is 15.8 Å². The van der Waals surface area contributed by atoms with Crippen molar-refractivity contribution in [3.63, 3.8) is 0 Å². The number of nitrogen functional groups attached to an aromatic ring is 1. The zero-order valence-electron chi connectivity index (χ0n) is 11.4. The number of benzene rings is 1. The highest BCUT2D eigenvalue weighted by Crippen LogP contribution is 2.35. The van der Waals surface area contributed by atoms with Crippen LogP contribution in [0.2, 0.25) is 0 Å². The number of methoxy groups -OCH3 is 1. The van der Waals surface area contributed by atoms with Gasteiger partial charge in [-0.15, -0.1) is 17.8 Å². The third-order valence-corrected chi connectivity index (χ3v) is 4.22. The molecule has 0 fully saturated rings. The maximum atomic E-state index is 12.2. The second-order valence-corrected chi connectivity index (χ2v) is 5.36. The van der Waals surface area contributed by atoms with Crippen LogP contribution in [0.5, 0.6) is 5.75 Å². The van der Waals surface area contributed by atoms with Crippen LogP contribution in [0.15, 0.2) is 18.2 Å². The predicted molar refractivity (Wildman–Crippen MR) is 83.2 cm³/mol. The van der Waals surface area contributed by atoms with Crippen molar-refractivity contribution in [1.82, 2.24) is 5.32 Å². The van der Waals surface area contributed by atoms with Gasteiger partial charge in [0.15, 0.2) is 0 Å². The maximum Gasteiger partial charge on any atom is 0.264 e. The quantitative estimate of drug-likeness (QED) is 0.850. The van der Waals surface area contributed by atoms with Gasteiger partial charge in [-0.25, -0.2) is 0 Å². The molecule has 1 aromatic heterocycles. The van der Waals surface area contributed by atoms with E-state index < -0.39 is 0 Å². The first-order valence-electron chi connectivity index (χ1n) is 6.23. The van der Waals surface area contributed by atoms with Crippen LogP contribution in [0.3, 0.4) is 0 Å². The summed E-state index contributed by atoms with van der Waals surface area (Å²) in [6.07, 6.45) is 6.03. The lowest BCUT2D eigenvalue weighted by Crippen LogP contribution is -2.33. The molecule has 1 atom stereocenters. The molecule has 1 heterocycles. The summed E-state index contributed by atoms with van der Waals surface area (Å²) >= 11 is 1.34. The summed E-state index contributed by atoms with van der Waals surface area (Å²) in [7, 11) is 1.60. The first-order valence-corrected chi connectivity index (χ1v) is 7.05. The van der Waals surface area contributed by atoms with Crippen LogP contribution in [0, 0.1) is 12.3 Å². The molecule has 104 valence electrons. The molecule has 3 N–H and O–H groups in total. The van der Waals surface area contributed by atoms with E-state index in [0.29, 0.717) is 17.0 Å². The molecule has 1 amide bonds. The van der Waals surface area contributed by atoms with Crippen molar-refractivity contribution in [3.05, 3.63) is 23.1 Å². The van der Waals surface area contributed by atoms with Crippen molar-refractivity contribution in [2.75, 3.05) is 12.8 Å². The SMILES string of the molecule is C#CC(CC)NC(=O)c1sc2cc(OC)ccc2c1N. The number of rotatable bonds is 4. The molecular weight excluding hydrogens is 272 g/mol. The van der Waals surface area contributed by atoms with E-state index in [-0.39, 0.29) is 11.9 Å². The van der Waals surface area contributed by atoms with Crippen molar-refractivity contribution in [2.24, 2.45) is 0 Å². The minimum Gasteiger partial charge on any atom is -0.497 e. The highest BCUT2D eigenvalue weighted by molar-refractivity contribution is 7.21. The number of terminal acetylenes is 1. The number of hydrogen-bond donors (Lipinski definition) is 2. The number of amides is 1. The van der Waals surface area contributed by atoms with Crippen LogP contribution < -0.4 is 15.8 Å². The second-order valence-electron chi connectivity index (χ2n) is 4.31. The van der Waals surface area contributed by atoms with Gasteiger partial charge in [0, 0.05) is 10.1 Å². The number of fused-ring (bicyclic) bond motifs is 1. The molecule has 20 heavy (non-hydrogen) atoms. The lowest BCUT2D eigenvalue weighted by atomic mass is 10.2. The van der Waals surface area contributed by atoms with Gasteiger partial charge >= 0.3 is 0 Å². The molecule has 5 heteroatoms. The second kappa shape index (κ2) is 5.85. The number of carbonyl (C=O) groups excluding carboxylic acids is 1. The third-order valence-electron chi connectivity index (χ3n) is 3.06. The lowest BCUT2D eigenvalue weighted by Gasteiger charge is -2.09. The van der Waals surface area contributed by atoms with Crippen LogP contribution in [0.25, 0.3) is 10.1 Å². The first kappa shape index (κ1) is 14.2. The predicted octanol–water partition coefficient (Wildman–Crippen LogP) is 2.63. The minimum absolute atomic E-state index is 0.229. The Bertz CT molecular complexity index is 685. The molecule has 0 spiro atoms. The van der Waals surface area contributed by atoms with Crippen molar-refractivity contribution < 1.29 is 9.53 Å². The van der Waals surface area contributed by atoms with E-state index in [4.69, 9.17) is 16.9 Å². The topological polar surface area (TPSA) is 64.3 Å². The minimum atomic E-state index is -0.276. The van der Waals surface area contributed by atoms with Gasteiger partial charge in [-0.05, 0) is 24.6 Å². The maximum absolute atomic E-state index is 12.2. The van der Waals surface area contributed by atoms with Gasteiger partial charge in [0.05, 0.1) is 18.8 Å². The largest absolute Gasteiger partial charge is 0.497 e. The Labute approximate surface area is 121 Å². The Hall–Kier alpha value is -2.19. The lowest BCUT2D eigenvalue weighted by molar-refractivity contribution is 0.0950. The molecule has 0 radical (unpaired) electrons. The molecule has 1 unspecified atom stereocenters. The van der Waals surface area contributed by atoms with Gasteiger partial charge in [0.2, 0.25) is 0 Å². The fourth-order valence-corrected chi connectivity index (χ4v) is 2.93. The molecule has 0 aliphatic heterocycles. The molecule has 0 bridgehead atoms. The van der Waals surface area contributed by atoms with E-state index in [1.54, 1.807) is 7.11 Å². The zero-order valence-corrected chi connectivity index (χ0v) is 12.2. The molecule has 0 saturated carbocycles. The van der Waals surface area contributed by atoms with Crippen molar-refractivity contribution in [1.29, 1.82) is 0 Å². The van der Waals surface area contributed by atoms with Crippen LogP contribution in [0.1, 0.15) is 23.0 Å². The molecule has 1 aromatic carbocycles. The third kappa shape index (κ3) is 2.56. The Morgan fingerprint density at radius 1 is 1.60 bits per heavy atom. The zero-order chi connectivity index (χ0) is 14.7. The van der Waals surface area contributed by atoms with Crippen LogP contribution in [0.4, 0.5) is 5.69 Å². The van der Waals surface area contributed by atoms with E-state index in [1.807, 2.05) is 25.1 Å². The molecule has 2 rings (SSSR count). The van der Waals surface area contributed by atoms with E-state index in [1.165, 1.54) is 11.3 Å². The average molecular weight is 288 g/mol. The van der Waals surface area contributed by atoms with Gasteiger partial charge in [-0.1, -0.05) is 12.8 Å². The van der Waals surface area contributed by atoms with Gasteiger partial charge in [-0.3, -0.25) is 4.79 Å². The summed E-state index contributed by atoms with van der Waals surface area (Å²) in [5, 5.41) is 3.64. The number of ether oxygens (including phenoxy) is 1. The summed E-state index contributed by atoms with van der Waals surface area (Å²) in [5.41, 5.74) is 6.53. The number of nitrogens with two attached hydrogens (primary N) is 1. The highest BCUT2D eigenvalue weighted by atomic mass is 32.1. The van der Waals surface area contributed by atoms with E-state index >= 15 is 0 Å². The summed E-state index contributed by atoms with van der Waals surface area (Å²) in [5.74, 6) is 3.04. The monoisotopic (exact) mass is 288 g/mol. The van der Waals surface area contributed by atoms with E-state index in [0.717, 1.165) is 15.8 Å². The fraction of sp³-hybridized carbons (Fsp3) is 0.267. The van der Waals surface area contributed by atoms with E-state index in [2.05, 4.69) is 11.2 Å². The normalized spacial score (nSPS) is 11.8. The van der Waals surface area contributed by atoms with Gasteiger partial charge in [0.1, 0.15) is 10.6 Å². The molecule has 0 aliphatic rings. The number of carbonyl (C=O) groups is 1. The Morgan fingerprint density at radius 2 is 2.35 bits per heavy atom. The van der Waals surface area contributed by atoms with E-state index in [9.17, 15) is 4.79 Å². The molecule has 2 aromatic rings. The average Bonchev–Trinajstić information content (AvgIpc) is 2.81. The number of thiophene rings is 1. The Kier molecular flexibility index (Phi) is 4.16. The van der Waals surface area contributed by atoms with Gasteiger partial charge in [0.25, 0.3) is 5.91 Å².